The Balaban J connectivity index is 1.87. The SMILES string of the molecule is COc1cc2c(=O)n(C3CCN(C(=O)OC(C)(C)C)C3)ccc2cc1Br. The number of rotatable bonds is 2. The zero-order valence-corrected chi connectivity index (χ0v) is 17.0. The Hall–Kier alpha value is -2.02. The summed E-state index contributed by atoms with van der Waals surface area (Å²) in [5.41, 5.74) is -0.608. The molecule has 0 bridgehead atoms. The second-order valence-electron chi connectivity index (χ2n) is 7.47. The van der Waals surface area contributed by atoms with Crippen LogP contribution in [0.15, 0.2) is 33.7 Å². The van der Waals surface area contributed by atoms with E-state index in [2.05, 4.69) is 15.9 Å². The third kappa shape index (κ3) is 3.72. The summed E-state index contributed by atoms with van der Waals surface area (Å²) in [5.74, 6) is 0.620. The van der Waals surface area contributed by atoms with E-state index in [-0.39, 0.29) is 17.7 Å². The van der Waals surface area contributed by atoms with Crippen LogP contribution in [0.1, 0.15) is 33.2 Å². The number of methoxy groups -OCH3 is 1. The molecule has 3 rings (SSSR count). The number of benzene rings is 1. The average Bonchev–Trinajstić information content (AvgIpc) is 3.03. The van der Waals surface area contributed by atoms with Crippen LogP contribution in [0, 0.1) is 0 Å². The van der Waals surface area contributed by atoms with Crippen molar-refractivity contribution in [3.8, 4) is 5.75 Å². The third-order valence-electron chi connectivity index (χ3n) is 4.41. The summed E-state index contributed by atoms with van der Waals surface area (Å²) >= 11 is 3.44. The lowest BCUT2D eigenvalue weighted by Gasteiger charge is -2.24. The van der Waals surface area contributed by atoms with Gasteiger partial charge in [-0.05, 0) is 66.7 Å². The Labute approximate surface area is 160 Å². The normalized spacial score (nSPS) is 17.6. The number of carbonyl (C=O) groups is 1. The van der Waals surface area contributed by atoms with E-state index >= 15 is 0 Å². The maximum Gasteiger partial charge on any atom is 0.410 e. The molecular weight excluding hydrogens is 400 g/mol. The molecule has 1 aliphatic rings. The van der Waals surface area contributed by atoms with E-state index in [0.29, 0.717) is 24.2 Å². The maximum atomic E-state index is 13.0. The van der Waals surface area contributed by atoms with Crippen LogP contribution in [0.5, 0.6) is 5.75 Å². The molecule has 26 heavy (non-hydrogen) atoms. The molecule has 6 nitrogen and oxygen atoms in total. The lowest BCUT2D eigenvalue weighted by atomic mass is 10.1. The summed E-state index contributed by atoms with van der Waals surface area (Å²) in [5, 5.41) is 1.45. The van der Waals surface area contributed by atoms with Crippen molar-refractivity contribution < 1.29 is 14.3 Å². The summed E-state index contributed by atoms with van der Waals surface area (Å²) in [6.45, 7) is 6.58. The fourth-order valence-corrected chi connectivity index (χ4v) is 3.69. The Bertz CT molecular complexity index is 901. The van der Waals surface area contributed by atoms with E-state index in [1.165, 1.54) is 0 Å². The van der Waals surface area contributed by atoms with Gasteiger partial charge in [-0.2, -0.15) is 0 Å². The van der Waals surface area contributed by atoms with Gasteiger partial charge in [-0.25, -0.2) is 4.79 Å². The number of ether oxygens (including phenoxy) is 2. The number of amides is 1. The monoisotopic (exact) mass is 422 g/mol. The fraction of sp³-hybridized carbons (Fsp3) is 0.474. The minimum atomic E-state index is -0.529. The molecule has 0 N–H and O–H groups in total. The van der Waals surface area contributed by atoms with E-state index in [9.17, 15) is 9.59 Å². The Morgan fingerprint density at radius 1 is 1.31 bits per heavy atom. The fourth-order valence-electron chi connectivity index (χ4n) is 3.16. The predicted octanol–water partition coefficient (Wildman–Crippen LogP) is 3.95. The molecule has 0 spiro atoms. The van der Waals surface area contributed by atoms with Crippen LogP contribution in [-0.2, 0) is 4.74 Å². The molecule has 0 saturated carbocycles. The van der Waals surface area contributed by atoms with Crippen molar-refractivity contribution >= 4 is 32.8 Å². The van der Waals surface area contributed by atoms with Crippen LogP contribution in [0.25, 0.3) is 10.8 Å². The average molecular weight is 423 g/mol. The summed E-state index contributed by atoms with van der Waals surface area (Å²) in [7, 11) is 1.57. The van der Waals surface area contributed by atoms with Gasteiger partial charge in [0.2, 0.25) is 0 Å². The first-order valence-corrected chi connectivity index (χ1v) is 9.35. The second-order valence-corrected chi connectivity index (χ2v) is 8.33. The van der Waals surface area contributed by atoms with Gasteiger partial charge in [0.1, 0.15) is 11.4 Å². The van der Waals surface area contributed by atoms with Gasteiger partial charge in [0, 0.05) is 19.3 Å². The van der Waals surface area contributed by atoms with Crippen molar-refractivity contribution in [1.29, 1.82) is 0 Å². The highest BCUT2D eigenvalue weighted by Crippen LogP contribution is 2.30. The number of hydrogen-bond acceptors (Lipinski definition) is 4. The highest BCUT2D eigenvalue weighted by Gasteiger charge is 2.31. The van der Waals surface area contributed by atoms with Gasteiger partial charge in [-0.15, -0.1) is 0 Å². The zero-order valence-electron chi connectivity index (χ0n) is 15.4. The predicted molar refractivity (Wildman–Crippen MR) is 104 cm³/mol. The number of hydrogen-bond donors (Lipinski definition) is 0. The highest BCUT2D eigenvalue weighted by molar-refractivity contribution is 9.10. The van der Waals surface area contributed by atoms with Gasteiger partial charge in [-0.3, -0.25) is 4.79 Å². The van der Waals surface area contributed by atoms with Crippen LogP contribution in [0.2, 0.25) is 0 Å². The van der Waals surface area contributed by atoms with E-state index < -0.39 is 5.60 Å². The van der Waals surface area contributed by atoms with Crippen molar-refractivity contribution in [2.24, 2.45) is 0 Å². The molecule has 1 aromatic carbocycles. The molecule has 2 aromatic rings. The third-order valence-corrected chi connectivity index (χ3v) is 5.03. The topological polar surface area (TPSA) is 60.8 Å². The van der Waals surface area contributed by atoms with Crippen molar-refractivity contribution in [2.75, 3.05) is 20.2 Å². The zero-order chi connectivity index (χ0) is 19.1. The summed E-state index contributed by atoms with van der Waals surface area (Å²) in [6.07, 6.45) is 2.19. The molecule has 0 aliphatic carbocycles. The first-order chi connectivity index (χ1) is 12.2. The molecule has 1 saturated heterocycles. The van der Waals surface area contributed by atoms with E-state index in [4.69, 9.17) is 9.47 Å². The Morgan fingerprint density at radius 3 is 2.69 bits per heavy atom. The molecule has 1 aliphatic heterocycles. The number of likely N-dealkylation sites (tertiary alicyclic amines) is 1. The minimum absolute atomic E-state index is 0.0611. The van der Waals surface area contributed by atoms with Gasteiger partial charge in [0.15, 0.2) is 0 Å². The van der Waals surface area contributed by atoms with Crippen LogP contribution in [-0.4, -0.2) is 41.4 Å². The van der Waals surface area contributed by atoms with Crippen LogP contribution >= 0.6 is 15.9 Å². The quantitative estimate of drug-likeness (QED) is 0.734. The molecule has 1 unspecified atom stereocenters. The van der Waals surface area contributed by atoms with Crippen LogP contribution in [0.3, 0.4) is 0 Å². The van der Waals surface area contributed by atoms with Gasteiger partial charge in [-0.1, -0.05) is 0 Å². The van der Waals surface area contributed by atoms with E-state index in [1.54, 1.807) is 28.8 Å². The molecule has 1 aromatic heterocycles. The summed E-state index contributed by atoms with van der Waals surface area (Å²) < 4.78 is 13.2. The molecule has 2 heterocycles. The lowest BCUT2D eigenvalue weighted by Crippen LogP contribution is -2.36. The van der Waals surface area contributed by atoms with Crippen molar-refractivity contribution in [3.05, 3.63) is 39.2 Å². The van der Waals surface area contributed by atoms with E-state index in [1.807, 2.05) is 32.9 Å². The van der Waals surface area contributed by atoms with Gasteiger partial charge < -0.3 is 18.9 Å². The number of fused-ring (bicyclic) bond motifs is 1. The largest absolute Gasteiger partial charge is 0.496 e. The molecule has 1 fully saturated rings. The molecule has 0 radical (unpaired) electrons. The van der Waals surface area contributed by atoms with Crippen molar-refractivity contribution in [1.82, 2.24) is 9.47 Å². The summed E-state index contributed by atoms with van der Waals surface area (Å²) in [4.78, 5) is 26.9. The maximum absolute atomic E-state index is 13.0. The van der Waals surface area contributed by atoms with Gasteiger partial charge in [0.25, 0.3) is 5.56 Å². The highest BCUT2D eigenvalue weighted by atomic mass is 79.9. The van der Waals surface area contributed by atoms with Gasteiger partial charge >= 0.3 is 6.09 Å². The van der Waals surface area contributed by atoms with Gasteiger partial charge in [0.05, 0.1) is 23.0 Å². The van der Waals surface area contributed by atoms with Crippen LogP contribution < -0.4 is 10.3 Å². The molecule has 140 valence electrons. The number of halogens is 1. The number of nitrogens with zero attached hydrogens (tertiary/aromatic N) is 2. The smallest absolute Gasteiger partial charge is 0.410 e. The Morgan fingerprint density at radius 2 is 2.04 bits per heavy atom. The molecular formula is C19H23BrN2O4. The van der Waals surface area contributed by atoms with Crippen molar-refractivity contribution in [3.63, 3.8) is 0 Å². The standard InChI is InChI=1S/C19H23BrN2O4/c1-19(2,3)26-18(24)21-7-6-13(11-21)22-8-5-12-9-15(20)16(25-4)10-14(12)17(22)23/h5,8-10,13H,6-7,11H2,1-4H3. The first-order valence-electron chi connectivity index (χ1n) is 8.56. The van der Waals surface area contributed by atoms with E-state index in [0.717, 1.165) is 16.3 Å². The number of aromatic nitrogens is 1. The molecule has 1 amide bonds. The van der Waals surface area contributed by atoms with Crippen LogP contribution in [0.4, 0.5) is 4.79 Å². The van der Waals surface area contributed by atoms with Crippen molar-refractivity contribution in [2.45, 2.75) is 38.8 Å². The first kappa shape index (κ1) is 18.8. The number of pyridine rings is 1. The summed E-state index contributed by atoms with van der Waals surface area (Å²) in [6, 6.07) is 5.48. The molecule has 1 atom stereocenters. The molecule has 7 heteroatoms. The minimum Gasteiger partial charge on any atom is -0.496 e. The Kier molecular flexibility index (Phi) is 5.01. The second kappa shape index (κ2) is 6.95. The number of carbonyl (C=O) groups excluding carboxylic acids is 1. The lowest BCUT2D eigenvalue weighted by molar-refractivity contribution is 0.0289.